The molecule has 15 heavy (non-hydrogen) atoms. The van der Waals surface area contributed by atoms with E-state index < -0.39 is 6.10 Å². The van der Waals surface area contributed by atoms with Crippen LogP contribution in [-0.4, -0.2) is 5.11 Å². The van der Waals surface area contributed by atoms with E-state index in [0.29, 0.717) is 21.4 Å². The van der Waals surface area contributed by atoms with Crippen LogP contribution in [0.4, 0.5) is 0 Å². The van der Waals surface area contributed by atoms with Gasteiger partial charge in [0, 0.05) is 15.6 Å². The lowest BCUT2D eigenvalue weighted by molar-refractivity contribution is 0.189. The van der Waals surface area contributed by atoms with Crippen LogP contribution in [0.25, 0.3) is 0 Å². The van der Waals surface area contributed by atoms with Gasteiger partial charge in [-0.3, -0.25) is 0 Å². The molecule has 2 aromatic rings. The fourth-order valence-corrected chi connectivity index (χ4v) is 1.73. The summed E-state index contributed by atoms with van der Waals surface area (Å²) in [6, 6.07) is 8.32. The van der Waals surface area contributed by atoms with E-state index in [4.69, 9.17) is 27.6 Å². The smallest absolute Gasteiger partial charge is 0.138 e. The van der Waals surface area contributed by atoms with Crippen molar-refractivity contribution in [3.05, 3.63) is 58.0 Å². The van der Waals surface area contributed by atoms with Gasteiger partial charge in [0.2, 0.25) is 0 Å². The van der Waals surface area contributed by atoms with E-state index in [1.54, 1.807) is 30.3 Å². The van der Waals surface area contributed by atoms with Crippen molar-refractivity contribution in [2.45, 2.75) is 6.10 Å². The zero-order valence-corrected chi connectivity index (χ0v) is 9.16. The Morgan fingerprint density at radius 3 is 2.67 bits per heavy atom. The number of furan rings is 1. The molecule has 4 heteroatoms. The predicted octanol–water partition coefficient (Wildman–Crippen LogP) is 3.67. The van der Waals surface area contributed by atoms with Crippen molar-refractivity contribution in [3.8, 4) is 0 Å². The summed E-state index contributed by atoms with van der Waals surface area (Å²) >= 11 is 11.8. The van der Waals surface area contributed by atoms with Gasteiger partial charge in [-0.15, -0.1) is 0 Å². The van der Waals surface area contributed by atoms with Crippen LogP contribution in [0.5, 0.6) is 0 Å². The van der Waals surface area contributed by atoms with Gasteiger partial charge in [-0.1, -0.05) is 23.2 Å². The Balaban J connectivity index is 2.41. The number of hydrogen-bond acceptors (Lipinski definition) is 2. The van der Waals surface area contributed by atoms with Crippen LogP contribution in [0.3, 0.4) is 0 Å². The van der Waals surface area contributed by atoms with E-state index in [9.17, 15) is 5.11 Å². The van der Waals surface area contributed by atoms with Gasteiger partial charge in [-0.2, -0.15) is 0 Å². The van der Waals surface area contributed by atoms with E-state index in [1.165, 1.54) is 6.26 Å². The molecule has 0 saturated carbocycles. The average Bonchev–Trinajstić information content (AvgIpc) is 2.74. The van der Waals surface area contributed by atoms with Gasteiger partial charge in [0.15, 0.2) is 0 Å². The molecule has 0 aliphatic rings. The number of aliphatic hydroxyl groups is 1. The molecule has 0 aliphatic heterocycles. The molecular formula is C11H8Cl2O2. The average molecular weight is 243 g/mol. The molecule has 2 rings (SSSR count). The van der Waals surface area contributed by atoms with E-state index in [2.05, 4.69) is 0 Å². The minimum atomic E-state index is -0.883. The second-order valence-electron chi connectivity index (χ2n) is 3.08. The number of rotatable bonds is 2. The van der Waals surface area contributed by atoms with E-state index in [-0.39, 0.29) is 0 Å². The molecule has 1 aromatic carbocycles. The van der Waals surface area contributed by atoms with Crippen LogP contribution in [0.2, 0.25) is 10.0 Å². The van der Waals surface area contributed by atoms with Gasteiger partial charge in [0.05, 0.1) is 6.26 Å². The van der Waals surface area contributed by atoms with Gasteiger partial charge in [-0.25, -0.2) is 0 Å². The molecule has 1 atom stereocenters. The van der Waals surface area contributed by atoms with Gasteiger partial charge >= 0.3 is 0 Å². The number of hydrogen-bond donors (Lipinski definition) is 1. The zero-order chi connectivity index (χ0) is 10.8. The topological polar surface area (TPSA) is 33.4 Å². The summed E-state index contributed by atoms with van der Waals surface area (Å²) in [5, 5.41) is 10.9. The number of aliphatic hydroxyl groups excluding tert-OH is 1. The molecule has 1 aromatic heterocycles. The molecule has 0 saturated heterocycles. The number of benzene rings is 1. The lowest BCUT2D eigenvalue weighted by atomic mass is 10.1. The van der Waals surface area contributed by atoms with Gasteiger partial charge in [-0.05, 0) is 30.3 Å². The lowest BCUT2D eigenvalue weighted by Crippen LogP contribution is -1.98. The zero-order valence-electron chi connectivity index (χ0n) is 7.65. The first-order valence-corrected chi connectivity index (χ1v) is 5.10. The van der Waals surface area contributed by atoms with Crippen LogP contribution in [0.15, 0.2) is 41.0 Å². The third-order valence-corrected chi connectivity index (χ3v) is 2.64. The molecule has 78 valence electrons. The van der Waals surface area contributed by atoms with Gasteiger partial charge in [0.1, 0.15) is 11.9 Å². The second kappa shape index (κ2) is 4.27. The van der Waals surface area contributed by atoms with Crippen molar-refractivity contribution in [1.82, 2.24) is 0 Å². The fraction of sp³-hybridized carbons (Fsp3) is 0.0909. The molecule has 0 bridgehead atoms. The molecule has 0 aliphatic carbocycles. The third-order valence-electron chi connectivity index (χ3n) is 2.07. The maximum atomic E-state index is 9.95. The molecule has 0 fully saturated rings. The van der Waals surface area contributed by atoms with E-state index in [0.717, 1.165) is 0 Å². The summed E-state index contributed by atoms with van der Waals surface area (Å²) in [6.07, 6.45) is 0.614. The second-order valence-corrected chi connectivity index (χ2v) is 3.93. The summed E-state index contributed by atoms with van der Waals surface area (Å²) in [5.41, 5.74) is 0.541. The Kier molecular flexibility index (Phi) is 3.00. The normalized spacial score (nSPS) is 12.7. The quantitative estimate of drug-likeness (QED) is 0.872. The van der Waals surface area contributed by atoms with Crippen molar-refractivity contribution in [3.63, 3.8) is 0 Å². The Bertz CT molecular complexity index is 452. The van der Waals surface area contributed by atoms with E-state index >= 15 is 0 Å². The monoisotopic (exact) mass is 242 g/mol. The molecule has 0 amide bonds. The van der Waals surface area contributed by atoms with Crippen LogP contribution in [-0.2, 0) is 0 Å². The summed E-state index contributed by atoms with van der Waals surface area (Å²) in [5.74, 6) is 0.444. The van der Waals surface area contributed by atoms with Crippen molar-refractivity contribution < 1.29 is 9.52 Å². The maximum absolute atomic E-state index is 9.95. The molecule has 1 N–H and O–H groups in total. The van der Waals surface area contributed by atoms with Gasteiger partial charge < -0.3 is 9.52 Å². The summed E-state index contributed by atoms with van der Waals surface area (Å²) < 4.78 is 5.09. The highest BCUT2D eigenvalue weighted by Crippen LogP contribution is 2.30. The Morgan fingerprint density at radius 1 is 1.20 bits per heavy atom. The lowest BCUT2D eigenvalue weighted by Gasteiger charge is -2.10. The first kappa shape index (κ1) is 10.6. The summed E-state index contributed by atoms with van der Waals surface area (Å²) in [4.78, 5) is 0. The van der Waals surface area contributed by atoms with Crippen molar-refractivity contribution in [2.24, 2.45) is 0 Å². The van der Waals surface area contributed by atoms with Crippen LogP contribution in [0, 0.1) is 0 Å². The third kappa shape index (κ3) is 2.17. The molecular weight excluding hydrogens is 235 g/mol. The van der Waals surface area contributed by atoms with Crippen molar-refractivity contribution in [2.75, 3.05) is 0 Å². The first-order valence-electron chi connectivity index (χ1n) is 4.35. The van der Waals surface area contributed by atoms with Crippen LogP contribution >= 0.6 is 23.2 Å². The molecule has 2 nitrogen and oxygen atoms in total. The highest BCUT2D eigenvalue weighted by atomic mass is 35.5. The maximum Gasteiger partial charge on any atom is 0.138 e. The van der Waals surface area contributed by atoms with Crippen molar-refractivity contribution in [1.29, 1.82) is 0 Å². The Hall–Kier alpha value is -0.960. The number of halogens is 2. The summed E-state index contributed by atoms with van der Waals surface area (Å²) in [6.45, 7) is 0. The predicted molar refractivity (Wildman–Crippen MR) is 59.2 cm³/mol. The molecule has 0 radical (unpaired) electrons. The SMILES string of the molecule is OC(c1ccco1)c1cc(Cl)ccc1Cl. The minimum absolute atomic E-state index is 0.444. The Labute approximate surface area is 97.0 Å². The molecule has 1 heterocycles. The van der Waals surface area contributed by atoms with Crippen LogP contribution < -0.4 is 0 Å². The fourth-order valence-electron chi connectivity index (χ4n) is 1.32. The minimum Gasteiger partial charge on any atom is -0.466 e. The van der Waals surface area contributed by atoms with Gasteiger partial charge in [0.25, 0.3) is 0 Å². The largest absolute Gasteiger partial charge is 0.466 e. The van der Waals surface area contributed by atoms with Crippen molar-refractivity contribution >= 4 is 23.2 Å². The first-order chi connectivity index (χ1) is 7.18. The van der Waals surface area contributed by atoms with Crippen LogP contribution in [0.1, 0.15) is 17.4 Å². The molecule has 1 unspecified atom stereocenters. The highest BCUT2D eigenvalue weighted by Gasteiger charge is 2.16. The molecule has 0 spiro atoms. The van der Waals surface area contributed by atoms with E-state index in [1.807, 2.05) is 0 Å². The standard InChI is InChI=1S/C11H8Cl2O2/c12-7-3-4-9(13)8(6-7)11(14)10-2-1-5-15-10/h1-6,11,14H. The summed E-state index contributed by atoms with van der Waals surface area (Å²) in [7, 11) is 0. The highest BCUT2D eigenvalue weighted by molar-refractivity contribution is 6.33. The Morgan fingerprint density at radius 2 is 2.00 bits per heavy atom.